The van der Waals surface area contributed by atoms with Crippen LogP contribution in [0.1, 0.15) is 6.92 Å². The van der Waals surface area contributed by atoms with Gasteiger partial charge in [0.2, 0.25) is 0 Å². The molecule has 0 radical (unpaired) electrons. The van der Waals surface area contributed by atoms with E-state index < -0.39 is 0 Å². The lowest BCUT2D eigenvalue weighted by Gasteiger charge is -2.05. The number of nitrogens with zero attached hydrogens (tertiary/aromatic N) is 2. The third-order valence-corrected chi connectivity index (χ3v) is 2.98. The standard InChI is InChI=1S/C6H11N3S2/c1-5(3-7-2)10-6-8-4-9-11-6/h4-5,7H,3H2,1-2H3. The van der Waals surface area contributed by atoms with Gasteiger partial charge in [0.15, 0.2) is 4.34 Å². The van der Waals surface area contributed by atoms with Gasteiger partial charge >= 0.3 is 0 Å². The fourth-order valence-electron chi connectivity index (χ4n) is 0.716. The Hall–Kier alpha value is -0.130. The highest BCUT2D eigenvalue weighted by molar-refractivity contribution is 8.01. The molecular weight excluding hydrogens is 178 g/mol. The molecule has 0 saturated carbocycles. The molecule has 3 nitrogen and oxygen atoms in total. The molecule has 0 spiro atoms. The highest BCUT2D eigenvalue weighted by Gasteiger charge is 2.04. The van der Waals surface area contributed by atoms with Crippen molar-refractivity contribution in [1.29, 1.82) is 0 Å². The maximum Gasteiger partial charge on any atom is 0.170 e. The van der Waals surface area contributed by atoms with E-state index in [1.165, 1.54) is 11.5 Å². The van der Waals surface area contributed by atoms with E-state index in [0.717, 1.165) is 10.9 Å². The summed E-state index contributed by atoms with van der Waals surface area (Å²) in [6.07, 6.45) is 1.60. The molecule has 1 rings (SSSR count). The van der Waals surface area contributed by atoms with Crippen LogP contribution >= 0.6 is 23.3 Å². The Morgan fingerprint density at radius 1 is 1.82 bits per heavy atom. The van der Waals surface area contributed by atoms with Crippen LogP contribution in [0.4, 0.5) is 0 Å². The van der Waals surface area contributed by atoms with Gasteiger partial charge in [0, 0.05) is 11.8 Å². The molecule has 0 bridgehead atoms. The van der Waals surface area contributed by atoms with Gasteiger partial charge in [-0.2, -0.15) is 4.37 Å². The quantitative estimate of drug-likeness (QED) is 0.723. The molecule has 1 unspecified atom stereocenters. The fourth-order valence-corrected chi connectivity index (χ4v) is 2.49. The lowest BCUT2D eigenvalue weighted by Crippen LogP contribution is -2.17. The first-order valence-corrected chi connectivity index (χ1v) is 5.06. The molecule has 1 atom stereocenters. The van der Waals surface area contributed by atoms with Crippen molar-refractivity contribution in [1.82, 2.24) is 14.7 Å². The highest BCUT2D eigenvalue weighted by atomic mass is 32.2. The number of hydrogen-bond donors (Lipinski definition) is 1. The minimum Gasteiger partial charge on any atom is -0.319 e. The summed E-state index contributed by atoms with van der Waals surface area (Å²) in [5.41, 5.74) is 0. The Balaban J connectivity index is 2.31. The number of aromatic nitrogens is 2. The van der Waals surface area contributed by atoms with Crippen molar-refractivity contribution in [3.8, 4) is 0 Å². The van der Waals surface area contributed by atoms with E-state index in [1.54, 1.807) is 18.1 Å². The third-order valence-electron chi connectivity index (χ3n) is 1.13. The number of nitrogens with one attached hydrogen (secondary N) is 1. The Morgan fingerprint density at radius 2 is 2.64 bits per heavy atom. The Morgan fingerprint density at radius 3 is 3.18 bits per heavy atom. The van der Waals surface area contributed by atoms with E-state index in [2.05, 4.69) is 21.6 Å². The third kappa shape index (κ3) is 3.18. The van der Waals surface area contributed by atoms with E-state index in [-0.39, 0.29) is 0 Å². The van der Waals surface area contributed by atoms with E-state index in [9.17, 15) is 0 Å². The molecule has 5 heteroatoms. The average molecular weight is 189 g/mol. The molecule has 0 aliphatic rings. The topological polar surface area (TPSA) is 37.8 Å². The van der Waals surface area contributed by atoms with Crippen LogP contribution in [0.25, 0.3) is 0 Å². The predicted molar refractivity (Wildman–Crippen MR) is 49.2 cm³/mol. The Kier molecular flexibility index (Phi) is 3.82. The Labute approximate surface area is 74.8 Å². The largest absolute Gasteiger partial charge is 0.319 e. The molecule has 0 saturated heterocycles. The zero-order valence-corrected chi connectivity index (χ0v) is 8.21. The summed E-state index contributed by atoms with van der Waals surface area (Å²) in [6.45, 7) is 3.17. The van der Waals surface area contributed by atoms with E-state index in [1.807, 2.05) is 7.05 Å². The lowest BCUT2D eigenvalue weighted by molar-refractivity contribution is 0.785. The molecule has 0 fully saturated rings. The minimum atomic E-state index is 0.563. The van der Waals surface area contributed by atoms with E-state index in [0.29, 0.717) is 5.25 Å². The van der Waals surface area contributed by atoms with Crippen molar-refractivity contribution in [2.75, 3.05) is 13.6 Å². The second-order valence-electron chi connectivity index (χ2n) is 2.19. The van der Waals surface area contributed by atoms with Gasteiger partial charge < -0.3 is 5.32 Å². The molecule has 1 N–H and O–H groups in total. The summed E-state index contributed by atoms with van der Waals surface area (Å²) in [6, 6.07) is 0. The molecule has 0 amide bonds. The fraction of sp³-hybridized carbons (Fsp3) is 0.667. The first kappa shape index (κ1) is 8.96. The van der Waals surface area contributed by atoms with Crippen LogP contribution in [0.5, 0.6) is 0 Å². The van der Waals surface area contributed by atoms with E-state index in [4.69, 9.17) is 0 Å². The molecule has 0 aromatic carbocycles. The number of thioether (sulfide) groups is 1. The van der Waals surface area contributed by atoms with Crippen molar-refractivity contribution in [3.63, 3.8) is 0 Å². The maximum absolute atomic E-state index is 4.08. The van der Waals surface area contributed by atoms with Gasteiger partial charge in [-0.1, -0.05) is 18.7 Å². The van der Waals surface area contributed by atoms with Gasteiger partial charge in [0.1, 0.15) is 6.33 Å². The smallest absolute Gasteiger partial charge is 0.170 e. The molecule has 1 aromatic rings. The summed E-state index contributed by atoms with van der Waals surface area (Å²) < 4.78 is 4.97. The zero-order valence-electron chi connectivity index (χ0n) is 6.57. The molecule has 62 valence electrons. The van der Waals surface area contributed by atoms with Crippen LogP contribution in [-0.2, 0) is 0 Å². The lowest BCUT2D eigenvalue weighted by atomic mass is 10.5. The van der Waals surface area contributed by atoms with Gasteiger partial charge in [0.05, 0.1) is 0 Å². The maximum atomic E-state index is 4.08. The molecule has 0 aliphatic carbocycles. The second-order valence-corrected chi connectivity index (χ2v) is 4.66. The molecule has 11 heavy (non-hydrogen) atoms. The van der Waals surface area contributed by atoms with Crippen molar-refractivity contribution < 1.29 is 0 Å². The monoisotopic (exact) mass is 189 g/mol. The summed E-state index contributed by atoms with van der Waals surface area (Å²) in [7, 11) is 1.96. The molecule has 1 aromatic heterocycles. The van der Waals surface area contributed by atoms with Crippen molar-refractivity contribution in [2.24, 2.45) is 0 Å². The first-order chi connectivity index (χ1) is 5.33. The molecule has 0 aliphatic heterocycles. The first-order valence-electron chi connectivity index (χ1n) is 3.41. The van der Waals surface area contributed by atoms with Crippen LogP contribution in [0.3, 0.4) is 0 Å². The highest BCUT2D eigenvalue weighted by Crippen LogP contribution is 2.22. The van der Waals surface area contributed by atoms with Gasteiger partial charge in [-0.25, -0.2) is 4.98 Å². The molecular formula is C6H11N3S2. The summed E-state index contributed by atoms with van der Waals surface area (Å²) in [5.74, 6) is 0. The zero-order chi connectivity index (χ0) is 8.10. The van der Waals surface area contributed by atoms with Crippen LogP contribution < -0.4 is 5.32 Å². The summed E-state index contributed by atoms with van der Waals surface area (Å²) >= 11 is 3.21. The van der Waals surface area contributed by atoms with Crippen LogP contribution in [-0.4, -0.2) is 28.2 Å². The molecule has 1 heterocycles. The normalized spacial score (nSPS) is 13.3. The van der Waals surface area contributed by atoms with Crippen LogP contribution in [0, 0.1) is 0 Å². The minimum absolute atomic E-state index is 0.563. The van der Waals surface area contributed by atoms with Crippen molar-refractivity contribution >= 4 is 23.3 Å². The van der Waals surface area contributed by atoms with Gasteiger partial charge in [-0.15, -0.1) is 0 Å². The number of hydrogen-bond acceptors (Lipinski definition) is 5. The number of rotatable bonds is 4. The van der Waals surface area contributed by atoms with Crippen LogP contribution in [0.15, 0.2) is 10.7 Å². The summed E-state index contributed by atoms with van der Waals surface area (Å²) in [5, 5.41) is 3.68. The van der Waals surface area contributed by atoms with E-state index >= 15 is 0 Å². The predicted octanol–water partition coefficient (Wildman–Crippen LogP) is 1.24. The Bertz CT molecular complexity index is 188. The van der Waals surface area contributed by atoms with Gasteiger partial charge in [-0.05, 0) is 18.6 Å². The second kappa shape index (κ2) is 4.69. The van der Waals surface area contributed by atoms with Crippen LogP contribution in [0.2, 0.25) is 0 Å². The van der Waals surface area contributed by atoms with Gasteiger partial charge in [-0.3, -0.25) is 0 Å². The summed E-state index contributed by atoms with van der Waals surface area (Å²) in [4.78, 5) is 4.08. The van der Waals surface area contributed by atoms with Crippen molar-refractivity contribution in [3.05, 3.63) is 6.33 Å². The average Bonchev–Trinajstić information content (AvgIpc) is 2.40. The SMILES string of the molecule is CNCC(C)Sc1ncns1. The van der Waals surface area contributed by atoms with Crippen molar-refractivity contribution in [2.45, 2.75) is 16.5 Å². The van der Waals surface area contributed by atoms with Gasteiger partial charge in [0.25, 0.3) is 0 Å².